The Morgan fingerprint density at radius 1 is 1.38 bits per heavy atom. The summed E-state index contributed by atoms with van der Waals surface area (Å²) in [5.74, 6) is -0.202. The summed E-state index contributed by atoms with van der Waals surface area (Å²) >= 11 is 0. The van der Waals surface area contributed by atoms with Crippen LogP contribution < -0.4 is 0 Å². The third-order valence-corrected chi connectivity index (χ3v) is 4.02. The second-order valence-electron chi connectivity index (χ2n) is 5.39. The van der Waals surface area contributed by atoms with Gasteiger partial charge in [-0.3, -0.25) is 0 Å². The van der Waals surface area contributed by atoms with E-state index in [0.29, 0.717) is 0 Å². The predicted octanol–water partition coefficient (Wildman–Crippen LogP) is 2.86. The predicted molar refractivity (Wildman–Crippen MR) is 82.9 cm³/mol. The topological polar surface area (TPSA) is 45.3 Å². The average Bonchev–Trinajstić information content (AvgIpc) is 2.95. The van der Waals surface area contributed by atoms with Crippen molar-refractivity contribution in [2.24, 2.45) is 0 Å². The second kappa shape index (κ2) is 6.04. The van der Waals surface area contributed by atoms with Gasteiger partial charge in [-0.2, -0.15) is 0 Å². The number of aromatic amines is 1. The van der Waals surface area contributed by atoms with Crippen LogP contribution in [0.15, 0.2) is 42.2 Å². The Bertz CT molecular complexity index is 672. The summed E-state index contributed by atoms with van der Waals surface area (Å²) < 4.78 is 4.81. The van der Waals surface area contributed by atoms with Gasteiger partial charge in [-0.1, -0.05) is 18.2 Å². The van der Waals surface area contributed by atoms with Gasteiger partial charge in [0.15, 0.2) is 0 Å². The Hall–Kier alpha value is -2.23. The first-order chi connectivity index (χ1) is 10.3. The Balaban J connectivity index is 1.68. The zero-order chi connectivity index (χ0) is 14.7. The molecule has 1 aliphatic rings. The number of fused-ring (bicyclic) bond motifs is 1. The molecule has 4 heteroatoms. The maximum atomic E-state index is 11.6. The summed E-state index contributed by atoms with van der Waals surface area (Å²) in [4.78, 5) is 17.1. The normalized spacial score (nSPS) is 15.1. The number of nitrogens with zero attached hydrogens (tertiary/aromatic N) is 1. The lowest BCUT2D eigenvalue weighted by atomic mass is 10.1. The van der Waals surface area contributed by atoms with E-state index in [9.17, 15) is 4.79 Å². The van der Waals surface area contributed by atoms with E-state index in [4.69, 9.17) is 4.74 Å². The minimum atomic E-state index is -0.202. The molecule has 1 aromatic heterocycles. The standard InChI is InChI=1S/C17H20N2O2/c1-21-17(20)14-5-4-9-19(12-14)10-8-13-11-18-16-7-3-2-6-15(13)16/h2-3,6-7,11-12,18H,4-5,8-10H2,1H3. The number of benzene rings is 1. The number of rotatable bonds is 4. The molecule has 0 amide bonds. The SMILES string of the molecule is COC(=O)C1=CN(CCc2c[nH]c3ccccc23)CCC1. The van der Waals surface area contributed by atoms with E-state index >= 15 is 0 Å². The Morgan fingerprint density at radius 3 is 3.10 bits per heavy atom. The zero-order valence-corrected chi connectivity index (χ0v) is 12.3. The van der Waals surface area contributed by atoms with Gasteiger partial charge in [0.2, 0.25) is 0 Å². The smallest absolute Gasteiger partial charge is 0.335 e. The molecule has 2 aromatic rings. The number of H-pyrrole nitrogens is 1. The van der Waals surface area contributed by atoms with Crippen molar-refractivity contribution >= 4 is 16.9 Å². The number of ether oxygens (including phenoxy) is 1. The molecule has 0 saturated heterocycles. The number of para-hydroxylation sites is 1. The second-order valence-corrected chi connectivity index (χ2v) is 5.39. The number of hydrogen-bond donors (Lipinski definition) is 1. The van der Waals surface area contributed by atoms with Gasteiger partial charge in [0.25, 0.3) is 0 Å². The number of carbonyl (C=O) groups is 1. The molecule has 21 heavy (non-hydrogen) atoms. The van der Waals surface area contributed by atoms with Crippen molar-refractivity contribution in [3.8, 4) is 0 Å². The fourth-order valence-electron chi connectivity index (χ4n) is 2.89. The van der Waals surface area contributed by atoms with Crippen molar-refractivity contribution < 1.29 is 9.53 Å². The Labute approximate surface area is 124 Å². The molecule has 2 heterocycles. The van der Waals surface area contributed by atoms with Gasteiger partial charge < -0.3 is 14.6 Å². The van der Waals surface area contributed by atoms with Crippen LogP contribution in [0.2, 0.25) is 0 Å². The molecule has 3 rings (SSSR count). The van der Waals surface area contributed by atoms with Crippen LogP contribution in [-0.2, 0) is 16.0 Å². The van der Waals surface area contributed by atoms with E-state index in [1.165, 1.54) is 23.6 Å². The molecule has 110 valence electrons. The highest BCUT2D eigenvalue weighted by Gasteiger charge is 2.16. The molecule has 1 N–H and O–H groups in total. The summed E-state index contributed by atoms with van der Waals surface area (Å²) in [6, 6.07) is 8.34. The molecule has 1 aromatic carbocycles. The van der Waals surface area contributed by atoms with Crippen molar-refractivity contribution in [2.45, 2.75) is 19.3 Å². The van der Waals surface area contributed by atoms with E-state index in [1.54, 1.807) is 0 Å². The molecule has 0 aliphatic carbocycles. The molecule has 0 saturated carbocycles. The van der Waals surface area contributed by atoms with Crippen LogP contribution in [0, 0.1) is 0 Å². The molecule has 0 radical (unpaired) electrons. The van der Waals surface area contributed by atoms with Crippen molar-refractivity contribution in [1.29, 1.82) is 0 Å². The molecule has 0 bridgehead atoms. The number of hydrogen-bond acceptors (Lipinski definition) is 3. The summed E-state index contributed by atoms with van der Waals surface area (Å²) in [6.45, 7) is 1.92. The zero-order valence-electron chi connectivity index (χ0n) is 12.3. The molecule has 1 aliphatic heterocycles. The number of esters is 1. The van der Waals surface area contributed by atoms with Crippen LogP contribution in [0.4, 0.5) is 0 Å². The van der Waals surface area contributed by atoms with Crippen LogP contribution >= 0.6 is 0 Å². The molecule has 0 fully saturated rings. The summed E-state index contributed by atoms with van der Waals surface area (Å²) in [5.41, 5.74) is 3.28. The van der Waals surface area contributed by atoms with E-state index in [-0.39, 0.29) is 5.97 Å². The number of nitrogens with one attached hydrogen (secondary N) is 1. The van der Waals surface area contributed by atoms with Gasteiger partial charge in [-0.05, 0) is 30.9 Å². The van der Waals surface area contributed by atoms with Gasteiger partial charge in [0, 0.05) is 36.4 Å². The highest BCUT2D eigenvalue weighted by atomic mass is 16.5. The Kier molecular flexibility index (Phi) is 3.95. The average molecular weight is 284 g/mol. The van der Waals surface area contributed by atoms with Crippen molar-refractivity contribution in [1.82, 2.24) is 9.88 Å². The molecular weight excluding hydrogens is 264 g/mol. The molecule has 4 nitrogen and oxygen atoms in total. The van der Waals surface area contributed by atoms with Crippen LogP contribution in [0.25, 0.3) is 10.9 Å². The minimum absolute atomic E-state index is 0.202. The molecule has 0 atom stereocenters. The number of carbonyl (C=O) groups excluding carboxylic acids is 1. The molecule has 0 spiro atoms. The summed E-state index contributed by atoms with van der Waals surface area (Å²) in [5, 5.41) is 1.28. The summed E-state index contributed by atoms with van der Waals surface area (Å²) in [7, 11) is 1.44. The first kappa shape index (κ1) is 13.7. The first-order valence-electron chi connectivity index (χ1n) is 7.36. The van der Waals surface area contributed by atoms with Gasteiger partial charge in [0.05, 0.1) is 12.7 Å². The Morgan fingerprint density at radius 2 is 2.24 bits per heavy atom. The highest BCUT2D eigenvalue weighted by Crippen LogP contribution is 2.20. The van der Waals surface area contributed by atoms with Gasteiger partial charge in [-0.25, -0.2) is 4.79 Å². The maximum Gasteiger partial charge on any atom is 0.335 e. The fraction of sp³-hybridized carbons (Fsp3) is 0.353. The monoisotopic (exact) mass is 284 g/mol. The van der Waals surface area contributed by atoms with Crippen LogP contribution in [0.5, 0.6) is 0 Å². The quantitative estimate of drug-likeness (QED) is 0.878. The lowest BCUT2D eigenvalue weighted by molar-refractivity contribution is -0.136. The fourth-order valence-corrected chi connectivity index (χ4v) is 2.89. The van der Waals surface area contributed by atoms with E-state index in [1.807, 2.05) is 12.3 Å². The first-order valence-corrected chi connectivity index (χ1v) is 7.36. The molecule has 0 unspecified atom stereocenters. The van der Waals surface area contributed by atoms with Crippen LogP contribution in [0.1, 0.15) is 18.4 Å². The van der Waals surface area contributed by atoms with Crippen molar-refractivity contribution in [2.75, 3.05) is 20.2 Å². The van der Waals surface area contributed by atoms with Crippen LogP contribution in [0.3, 0.4) is 0 Å². The van der Waals surface area contributed by atoms with Gasteiger partial charge in [-0.15, -0.1) is 0 Å². The lowest BCUT2D eigenvalue weighted by Crippen LogP contribution is -2.27. The minimum Gasteiger partial charge on any atom is -0.466 e. The van der Waals surface area contributed by atoms with Gasteiger partial charge >= 0.3 is 5.97 Å². The summed E-state index contributed by atoms with van der Waals surface area (Å²) in [6.07, 6.45) is 6.84. The third-order valence-electron chi connectivity index (χ3n) is 4.02. The number of aromatic nitrogens is 1. The van der Waals surface area contributed by atoms with Crippen molar-refractivity contribution in [3.63, 3.8) is 0 Å². The lowest BCUT2D eigenvalue weighted by Gasteiger charge is -2.25. The van der Waals surface area contributed by atoms with Crippen molar-refractivity contribution in [3.05, 3.63) is 47.8 Å². The van der Waals surface area contributed by atoms with E-state index < -0.39 is 0 Å². The third kappa shape index (κ3) is 2.94. The van der Waals surface area contributed by atoms with Crippen LogP contribution in [-0.4, -0.2) is 36.1 Å². The maximum absolute atomic E-state index is 11.6. The van der Waals surface area contributed by atoms with Gasteiger partial charge in [0.1, 0.15) is 0 Å². The van der Waals surface area contributed by atoms with E-state index in [2.05, 4.69) is 34.3 Å². The highest BCUT2D eigenvalue weighted by molar-refractivity contribution is 5.88. The molecular formula is C17H20N2O2. The largest absolute Gasteiger partial charge is 0.466 e. The van der Waals surface area contributed by atoms with E-state index in [0.717, 1.165) is 37.9 Å². The number of methoxy groups -OCH3 is 1.